The molecule has 0 unspecified atom stereocenters. The number of hydrogen-bond donors (Lipinski definition) is 2. The highest BCUT2D eigenvalue weighted by molar-refractivity contribution is 7.92. The first-order valence-corrected chi connectivity index (χ1v) is 7.22. The van der Waals surface area contributed by atoms with Crippen LogP contribution in [0.1, 0.15) is 5.56 Å². The van der Waals surface area contributed by atoms with Gasteiger partial charge in [-0.15, -0.1) is 0 Å². The minimum atomic E-state index is -4.39. The summed E-state index contributed by atoms with van der Waals surface area (Å²) in [6.45, 7) is 1.52. The van der Waals surface area contributed by atoms with Gasteiger partial charge in [-0.25, -0.2) is 21.6 Å². The molecule has 0 atom stereocenters. The van der Waals surface area contributed by atoms with Crippen LogP contribution in [0.4, 0.5) is 24.5 Å². The van der Waals surface area contributed by atoms with Gasteiger partial charge in [-0.2, -0.15) is 0 Å². The molecule has 8 heteroatoms. The number of aryl methyl sites for hydroxylation is 1. The fourth-order valence-electron chi connectivity index (χ4n) is 1.65. The molecular formula is C13H11F3N2O2S. The number of nitrogens with one attached hydrogen (secondary N) is 1. The first-order chi connectivity index (χ1) is 9.70. The van der Waals surface area contributed by atoms with Gasteiger partial charge in [-0.05, 0) is 36.8 Å². The molecule has 2 aromatic rings. The molecule has 0 aliphatic rings. The maximum absolute atomic E-state index is 13.8. The van der Waals surface area contributed by atoms with E-state index in [4.69, 9.17) is 5.73 Å². The zero-order chi connectivity index (χ0) is 15.8. The van der Waals surface area contributed by atoms with Gasteiger partial charge in [-0.1, -0.05) is 0 Å². The van der Waals surface area contributed by atoms with Gasteiger partial charge in [0.25, 0.3) is 10.0 Å². The number of anilines is 2. The van der Waals surface area contributed by atoms with Crippen molar-refractivity contribution in [1.82, 2.24) is 0 Å². The summed E-state index contributed by atoms with van der Waals surface area (Å²) < 4.78 is 66.0. The highest BCUT2D eigenvalue weighted by atomic mass is 32.2. The van der Waals surface area contributed by atoms with Gasteiger partial charge in [0.2, 0.25) is 0 Å². The van der Waals surface area contributed by atoms with Crippen LogP contribution in [-0.2, 0) is 10.0 Å². The van der Waals surface area contributed by atoms with Crippen LogP contribution in [0, 0.1) is 24.4 Å². The van der Waals surface area contributed by atoms with Gasteiger partial charge in [-0.3, -0.25) is 4.72 Å². The van der Waals surface area contributed by atoms with Crippen LogP contribution in [0.25, 0.3) is 0 Å². The van der Waals surface area contributed by atoms with Crippen molar-refractivity contribution < 1.29 is 21.6 Å². The number of rotatable bonds is 3. The molecule has 0 saturated heterocycles. The summed E-state index contributed by atoms with van der Waals surface area (Å²) in [7, 11) is -4.39. The Hall–Kier alpha value is -2.22. The minimum absolute atomic E-state index is 0.0800. The lowest BCUT2D eigenvalue weighted by Gasteiger charge is -2.11. The fraction of sp³-hybridized carbons (Fsp3) is 0.0769. The van der Waals surface area contributed by atoms with Crippen molar-refractivity contribution in [3.8, 4) is 0 Å². The molecule has 21 heavy (non-hydrogen) atoms. The number of hydrogen-bond acceptors (Lipinski definition) is 3. The second-order valence-electron chi connectivity index (χ2n) is 4.37. The van der Waals surface area contributed by atoms with E-state index in [1.807, 2.05) is 4.72 Å². The van der Waals surface area contributed by atoms with Crippen LogP contribution >= 0.6 is 0 Å². The maximum Gasteiger partial charge on any atom is 0.264 e. The molecular weight excluding hydrogens is 305 g/mol. The molecule has 0 spiro atoms. The molecule has 2 rings (SSSR count). The highest BCUT2D eigenvalue weighted by Gasteiger charge is 2.22. The lowest BCUT2D eigenvalue weighted by molar-refractivity contribution is 0.567. The van der Waals surface area contributed by atoms with Crippen molar-refractivity contribution in [3.05, 3.63) is 53.3 Å². The van der Waals surface area contributed by atoms with Crippen LogP contribution in [-0.4, -0.2) is 8.42 Å². The number of sulfonamides is 1. The van der Waals surface area contributed by atoms with E-state index in [1.165, 1.54) is 6.92 Å². The third kappa shape index (κ3) is 3.10. The molecule has 4 nitrogen and oxygen atoms in total. The molecule has 0 saturated carbocycles. The van der Waals surface area contributed by atoms with E-state index in [0.717, 1.165) is 24.3 Å². The zero-order valence-corrected chi connectivity index (χ0v) is 11.6. The fourth-order valence-corrected chi connectivity index (χ4v) is 2.81. The Morgan fingerprint density at radius 1 is 1.05 bits per heavy atom. The SMILES string of the molecule is Cc1cc(F)c(S(=O)(=O)Nc2ccc(F)cc2F)cc1N. The Balaban J connectivity index is 2.46. The summed E-state index contributed by atoms with van der Waals surface area (Å²) in [5.74, 6) is -2.99. The van der Waals surface area contributed by atoms with E-state index < -0.39 is 38.1 Å². The lowest BCUT2D eigenvalue weighted by Crippen LogP contribution is -2.16. The number of halogens is 3. The normalized spacial score (nSPS) is 11.4. The molecule has 0 radical (unpaired) electrons. The third-order valence-corrected chi connectivity index (χ3v) is 4.17. The van der Waals surface area contributed by atoms with E-state index in [-0.39, 0.29) is 5.69 Å². The van der Waals surface area contributed by atoms with Crippen LogP contribution in [0.2, 0.25) is 0 Å². The number of nitrogens with two attached hydrogens (primary N) is 1. The summed E-state index contributed by atoms with van der Waals surface area (Å²) in [6.07, 6.45) is 0. The van der Waals surface area contributed by atoms with Gasteiger partial charge < -0.3 is 5.73 Å². The molecule has 0 heterocycles. The number of benzene rings is 2. The number of nitrogen functional groups attached to an aromatic ring is 1. The first-order valence-electron chi connectivity index (χ1n) is 5.74. The Bertz CT molecular complexity index is 807. The first kappa shape index (κ1) is 15.2. The largest absolute Gasteiger partial charge is 0.398 e. The molecule has 2 aromatic carbocycles. The molecule has 112 valence electrons. The topological polar surface area (TPSA) is 72.2 Å². The van der Waals surface area contributed by atoms with Crippen molar-refractivity contribution in [1.29, 1.82) is 0 Å². The Kier molecular flexibility index (Phi) is 3.82. The third-order valence-electron chi connectivity index (χ3n) is 2.79. The van der Waals surface area contributed by atoms with Gasteiger partial charge in [0, 0.05) is 11.8 Å². The molecule has 0 aliphatic heterocycles. The van der Waals surface area contributed by atoms with E-state index >= 15 is 0 Å². The van der Waals surface area contributed by atoms with Crippen molar-refractivity contribution in [3.63, 3.8) is 0 Å². The second kappa shape index (κ2) is 5.28. The predicted molar refractivity (Wildman–Crippen MR) is 72.7 cm³/mol. The smallest absolute Gasteiger partial charge is 0.264 e. The van der Waals surface area contributed by atoms with Crippen LogP contribution in [0.3, 0.4) is 0 Å². The van der Waals surface area contributed by atoms with Crippen LogP contribution < -0.4 is 10.5 Å². The summed E-state index contributed by atoms with van der Waals surface area (Å²) in [4.78, 5) is -0.714. The van der Waals surface area contributed by atoms with Crippen molar-refractivity contribution in [2.75, 3.05) is 10.5 Å². The van der Waals surface area contributed by atoms with Gasteiger partial charge in [0.05, 0.1) is 5.69 Å². The van der Waals surface area contributed by atoms with E-state index in [9.17, 15) is 21.6 Å². The summed E-state index contributed by atoms with van der Waals surface area (Å²) >= 11 is 0. The summed E-state index contributed by atoms with van der Waals surface area (Å²) in [5.41, 5.74) is 5.51. The average Bonchev–Trinajstić information content (AvgIpc) is 2.37. The van der Waals surface area contributed by atoms with Gasteiger partial charge in [0.15, 0.2) is 0 Å². The molecule has 3 N–H and O–H groups in total. The van der Waals surface area contributed by atoms with E-state index in [1.54, 1.807) is 0 Å². The van der Waals surface area contributed by atoms with Crippen LogP contribution in [0.5, 0.6) is 0 Å². The van der Waals surface area contributed by atoms with Crippen molar-refractivity contribution >= 4 is 21.4 Å². The van der Waals surface area contributed by atoms with Crippen molar-refractivity contribution in [2.24, 2.45) is 0 Å². The minimum Gasteiger partial charge on any atom is -0.398 e. The molecule has 0 fully saturated rings. The monoisotopic (exact) mass is 316 g/mol. The quantitative estimate of drug-likeness (QED) is 0.855. The summed E-state index contributed by atoms with van der Waals surface area (Å²) in [6, 6.07) is 4.19. The molecule has 0 bridgehead atoms. The Labute approximate surface area is 119 Å². The molecule has 0 amide bonds. The standard InChI is InChI=1S/C13H11F3N2O2S/c1-7-4-10(16)13(6-11(7)17)21(19,20)18-12-3-2-8(14)5-9(12)15/h2-6,18H,17H2,1H3. The van der Waals surface area contributed by atoms with Gasteiger partial charge in [0.1, 0.15) is 22.3 Å². The van der Waals surface area contributed by atoms with Crippen molar-refractivity contribution in [2.45, 2.75) is 11.8 Å². The molecule has 0 aromatic heterocycles. The summed E-state index contributed by atoms with van der Waals surface area (Å²) in [5, 5.41) is 0. The second-order valence-corrected chi connectivity index (χ2v) is 6.02. The lowest BCUT2D eigenvalue weighted by atomic mass is 10.2. The van der Waals surface area contributed by atoms with E-state index in [2.05, 4.69) is 0 Å². The van der Waals surface area contributed by atoms with E-state index in [0.29, 0.717) is 11.6 Å². The predicted octanol–water partition coefficient (Wildman–Crippen LogP) is 2.80. The van der Waals surface area contributed by atoms with Crippen LogP contribution in [0.15, 0.2) is 35.2 Å². The molecule has 0 aliphatic carbocycles. The maximum atomic E-state index is 13.8. The Morgan fingerprint density at radius 3 is 2.33 bits per heavy atom. The average molecular weight is 316 g/mol. The highest BCUT2D eigenvalue weighted by Crippen LogP contribution is 2.25. The zero-order valence-electron chi connectivity index (χ0n) is 10.8. The Morgan fingerprint density at radius 2 is 1.71 bits per heavy atom. The van der Waals surface area contributed by atoms with Gasteiger partial charge >= 0.3 is 0 Å².